The number of hydrogen-bond acceptors (Lipinski definition) is 4. The third-order valence-corrected chi connectivity index (χ3v) is 15.1. The number of hydrogen-bond donors (Lipinski definition) is 1. The molecule has 3 fully saturated rings. The van der Waals surface area contributed by atoms with Crippen molar-refractivity contribution in [1.29, 1.82) is 0 Å². The van der Waals surface area contributed by atoms with Crippen molar-refractivity contribution in [3.05, 3.63) is 11.6 Å². The lowest BCUT2D eigenvalue weighted by Crippen LogP contribution is -2.50. The van der Waals surface area contributed by atoms with E-state index in [0.717, 1.165) is 65.9 Å². The van der Waals surface area contributed by atoms with Gasteiger partial charge in [0.25, 0.3) is 0 Å². The van der Waals surface area contributed by atoms with Crippen LogP contribution in [0.5, 0.6) is 0 Å². The summed E-state index contributed by atoms with van der Waals surface area (Å²) in [5.74, 6) is 6.69. The predicted octanol–water partition coefficient (Wildman–Crippen LogP) is 9.37. The summed E-state index contributed by atoms with van der Waals surface area (Å²) in [6.07, 6.45) is 20.9. The topological polar surface area (TPSA) is 46.3 Å². The van der Waals surface area contributed by atoms with Gasteiger partial charge in [-0.2, -0.15) is 0 Å². The Labute approximate surface area is 255 Å². The van der Waals surface area contributed by atoms with Crippen LogP contribution >= 0.6 is 21.6 Å². The highest BCUT2D eigenvalue weighted by molar-refractivity contribution is 8.76. The quantitative estimate of drug-likeness (QED) is 0.124. The van der Waals surface area contributed by atoms with E-state index in [9.17, 15) is 4.79 Å². The highest BCUT2D eigenvalue weighted by atomic mass is 33.1. The number of amides is 1. The van der Waals surface area contributed by atoms with Gasteiger partial charge in [0.1, 0.15) is 0 Å². The van der Waals surface area contributed by atoms with E-state index < -0.39 is 0 Å². The van der Waals surface area contributed by atoms with Crippen LogP contribution in [0.1, 0.15) is 125 Å². The van der Waals surface area contributed by atoms with Crippen molar-refractivity contribution in [3.8, 4) is 0 Å². The second kappa shape index (κ2) is 14.6. The molecule has 0 spiro atoms. The van der Waals surface area contributed by atoms with Crippen LogP contribution in [0.25, 0.3) is 0 Å². The van der Waals surface area contributed by atoms with E-state index in [1.54, 1.807) is 5.57 Å². The molecule has 2 N–H and O–H groups in total. The Morgan fingerprint density at radius 2 is 1.85 bits per heavy atom. The molecule has 1 amide bonds. The van der Waals surface area contributed by atoms with Crippen molar-refractivity contribution >= 4 is 27.5 Å². The summed E-state index contributed by atoms with van der Waals surface area (Å²) in [6, 6.07) is 0. The number of fused-ring (bicyclic) bond motifs is 5. The van der Waals surface area contributed by atoms with Crippen LogP contribution in [-0.2, 0) is 4.79 Å². The minimum Gasteiger partial charge on any atom is -0.346 e. The molecule has 4 aliphatic carbocycles. The Morgan fingerprint density at radius 3 is 2.60 bits per heavy atom. The molecule has 0 heterocycles. The molecular formula is C35H62N2OS2. The standard InChI is InChI=1S/C35H62N2OS2/c1-25(2)10-9-11-26(3)30-14-15-31-29-13-12-27-24-28(16-19-34(27,4)32(29)17-20-35(30,31)5)40-39-23-18-33(38)37(6)22-8-7-21-36/h12,25-26,28-32H,7-11,13-24,36H2,1-6H3. The minimum absolute atomic E-state index is 0.283. The van der Waals surface area contributed by atoms with Crippen LogP contribution in [0.15, 0.2) is 11.6 Å². The number of nitrogens with two attached hydrogens (primary N) is 1. The van der Waals surface area contributed by atoms with Gasteiger partial charge < -0.3 is 10.6 Å². The number of allylic oxidation sites excluding steroid dienone is 2. The molecule has 3 saturated carbocycles. The minimum atomic E-state index is 0.283. The molecule has 8 unspecified atom stereocenters. The zero-order chi connectivity index (χ0) is 28.9. The van der Waals surface area contributed by atoms with E-state index in [1.165, 1.54) is 70.6 Å². The lowest BCUT2D eigenvalue weighted by atomic mass is 9.47. The van der Waals surface area contributed by atoms with Gasteiger partial charge in [-0.1, -0.05) is 87.1 Å². The van der Waals surface area contributed by atoms with E-state index in [2.05, 4.69) is 51.5 Å². The van der Waals surface area contributed by atoms with Crippen LogP contribution < -0.4 is 5.73 Å². The van der Waals surface area contributed by atoms with Gasteiger partial charge in [0.15, 0.2) is 0 Å². The molecule has 0 radical (unpaired) electrons. The Kier molecular flexibility index (Phi) is 11.9. The molecular weight excluding hydrogens is 529 g/mol. The maximum absolute atomic E-state index is 12.4. The van der Waals surface area contributed by atoms with Crippen molar-refractivity contribution in [2.45, 2.75) is 130 Å². The predicted molar refractivity (Wildman–Crippen MR) is 177 cm³/mol. The fourth-order valence-corrected chi connectivity index (χ4v) is 12.4. The molecule has 0 saturated heterocycles. The molecule has 0 aromatic heterocycles. The lowest BCUT2D eigenvalue weighted by molar-refractivity contribution is -0.129. The molecule has 40 heavy (non-hydrogen) atoms. The Balaban J connectivity index is 1.27. The summed E-state index contributed by atoms with van der Waals surface area (Å²) in [4.78, 5) is 14.3. The molecule has 4 rings (SSSR count). The van der Waals surface area contributed by atoms with Gasteiger partial charge in [0.05, 0.1) is 0 Å². The van der Waals surface area contributed by atoms with Crippen molar-refractivity contribution in [3.63, 3.8) is 0 Å². The van der Waals surface area contributed by atoms with Crippen LogP contribution in [0, 0.1) is 46.3 Å². The number of rotatable bonds is 14. The van der Waals surface area contributed by atoms with Crippen molar-refractivity contribution < 1.29 is 4.79 Å². The van der Waals surface area contributed by atoms with Crippen LogP contribution in [-0.4, -0.2) is 41.9 Å². The first-order valence-electron chi connectivity index (χ1n) is 17.0. The fraction of sp³-hybridized carbons (Fsp3) is 0.914. The molecule has 3 nitrogen and oxygen atoms in total. The van der Waals surface area contributed by atoms with Gasteiger partial charge in [0, 0.05) is 31.0 Å². The van der Waals surface area contributed by atoms with Gasteiger partial charge in [-0.25, -0.2) is 0 Å². The smallest absolute Gasteiger partial charge is 0.223 e. The maximum atomic E-state index is 12.4. The molecule has 0 aromatic carbocycles. The van der Waals surface area contributed by atoms with Crippen molar-refractivity contribution in [2.75, 3.05) is 25.9 Å². The summed E-state index contributed by atoms with van der Waals surface area (Å²) >= 11 is 0. The number of nitrogens with zero attached hydrogens (tertiary/aromatic N) is 1. The van der Waals surface area contributed by atoms with Crippen LogP contribution in [0.2, 0.25) is 0 Å². The first-order valence-corrected chi connectivity index (χ1v) is 19.4. The molecule has 0 bridgehead atoms. The van der Waals surface area contributed by atoms with Gasteiger partial charge in [-0.05, 0) is 117 Å². The van der Waals surface area contributed by atoms with Gasteiger partial charge in [0.2, 0.25) is 5.91 Å². The summed E-state index contributed by atoms with van der Waals surface area (Å²) < 4.78 is 0. The third-order valence-electron chi connectivity index (χ3n) is 12.2. The van der Waals surface area contributed by atoms with E-state index in [-0.39, 0.29) is 5.91 Å². The van der Waals surface area contributed by atoms with Crippen LogP contribution in [0.3, 0.4) is 0 Å². The Hall–Kier alpha value is -0.130. The molecule has 5 heteroatoms. The maximum Gasteiger partial charge on any atom is 0.223 e. The Bertz CT molecular complexity index is 860. The second-order valence-corrected chi connectivity index (χ2v) is 17.9. The Morgan fingerprint density at radius 1 is 1.05 bits per heavy atom. The van der Waals surface area contributed by atoms with Gasteiger partial charge in [-0.3, -0.25) is 4.79 Å². The van der Waals surface area contributed by atoms with Gasteiger partial charge in [-0.15, -0.1) is 0 Å². The first kappa shape index (κ1) is 32.8. The molecule has 8 atom stereocenters. The lowest BCUT2D eigenvalue weighted by Gasteiger charge is -2.58. The van der Waals surface area contributed by atoms with Crippen LogP contribution in [0.4, 0.5) is 0 Å². The molecule has 0 aliphatic heterocycles. The molecule has 230 valence electrons. The number of carbonyl (C=O) groups is 1. The normalized spacial score (nSPS) is 36.0. The molecule has 4 aliphatic rings. The fourth-order valence-electron chi connectivity index (χ4n) is 9.82. The van der Waals surface area contributed by atoms with E-state index in [4.69, 9.17) is 5.73 Å². The summed E-state index contributed by atoms with van der Waals surface area (Å²) in [5, 5.41) is 0.717. The van der Waals surface area contributed by atoms with E-state index >= 15 is 0 Å². The third kappa shape index (κ3) is 7.32. The monoisotopic (exact) mass is 590 g/mol. The average Bonchev–Trinajstić information content (AvgIpc) is 3.28. The number of unbranched alkanes of at least 4 members (excludes halogenated alkanes) is 1. The summed E-state index contributed by atoms with van der Waals surface area (Å²) in [7, 11) is 5.95. The van der Waals surface area contributed by atoms with Crippen molar-refractivity contribution in [2.24, 2.45) is 52.1 Å². The van der Waals surface area contributed by atoms with E-state index in [1.807, 2.05) is 22.7 Å². The highest BCUT2D eigenvalue weighted by Gasteiger charge is 2.59. The van der Waals surface area contributed by atoms with E-state index in [0.29, 0.717) is 23.8 Å². The zero-order valence-electron chi connectivity index (χ0n) is 26.9. The van der Waals surface area contributed by atoms with Crippen molar-refractivity contribution in [1.82, 2.24) is 4.90 Å². The zero-order valence-corrected chi connectivity index (χ0v) is 28.5. The SMILES string of the molecule is CC(C)CCCC(C)C1CCC2C3CC=C4CC(SSCCC(=O)N(C)CCCCN)CCC4(C)C3CCC12C. The average molecular weight is 591 g/mol. The summed E-state index contributed by atoms with van der Waals surface area (Å²) in [5.41, 5.74) is 8.41. The second-order valence-electron chi connectivity index (χ2n) is 15.1. The number of carbonyl (C=O) groups excluding carboxylic acids is 1. The largest absolute Gasteiger partial charge is 0.346 e. The first-order chi connectivity index (χ1) is 19.1. The van der Waals surface area contributed by atoms with Gasteiger partial charge >= 0.3 is 0 Å². The highest BCUT2D eigenvalue weighted by Crippen LogP contribution is 2.67. The summed E-state index contributed by atoms with van der Waals surface area (Å²) in [6.45, 7) is 14.3. The molecule has 0 aromatic rings.